The van der Waals surface area contributed by atoms with Gasteiger partial charge in [-0.15, -0.1) is 0 Å². The summed E-state index contributed by atoms with van der Waals surface area (Å²) in [6.07, 6.45) is 0. The maximum atomic E-state index is 12.3. The first-order chi connectivity index (χ1) is 9.31. The van der Waals surface area contributed by atoms with E-state index in [1.807, 2.05) is 0 Å². The number of nitrogens with zero attached hydrogens (tertiary/aromatic N) is 1. The molecule has 0 aliphatic heterocycles. The predicted octanol–water partition coefficient (Wildman–Crippen LogP) is 2.62. The van der Waals surface area contributed by atoms with Crippen LogP contribution in [-0.4, -0.2) is 37.6 Å². The molecular formula is C13H17BrF2N2O2. The molecule has 0 aliphatic carbocycles. The Kier molecular flexibility index (Phi) is 6.35. The van der Waals surface area contributed by atoms with E-state index >= 15 is 0 Å². The highest BCUT2D eigenvalue weighted by Gasteiger charge is 2.16. The normalized spacial score (nSPS) is 12.3. The zero-order valence-corrected chi connectivity index (χ0v) is 13.1. The molecule has 112 valence electrons. The van der Waals surface area contributed by atoms with Gasteiger partial charge in [0.2, 0.25) is 5.91 Å². The van der Waals surface area contributed by atoms with Gasteiger partial charge in [-0.2, -0.15) is 8.78 Å². The molecule has 4 nitrogen and oxygen atoms in total. The average Bonchev–Trinajstić information content (AvgIpc) is 2.37. The van der Waals surface area contributed by atoms with Crippen molar-refractivity contribution < 1.29 is 18.3 Å². The Morgan fingerprint density at radius 2 is 2.10 bits per heavy atom. The lowest BCUT2D eigenvalue weighted by molar-refractivity contribution is -0.130. The van der Waals surface area contributed by atoms with Crippen molar-refractivity contribution in [2.24, 2.45) is 0 Å². The molecule has 0 saturated carbocycles. The molecule has 1 atom stereocenters. The lowest BCUT2D eigenvalue weighted by Crippen LogP contribution is -2.41. The van der Waals surface area contributed by atoms with E-state index in [1.165, 1.54) is 11.0 Å². The van der Waals surface area contributed by atoms with Crippen LogP contribution in [0.4, 0.5) is 8.78 Å². The summed E-state index contributed by atoms with van der Waals surface area (Å²) in [5.74, 6) is 0.0107. The van der Waals surface area contributed by atoms with Crippen molar-refractivity contribution in [1.82, 2.24) is 10.2 Å². The van der Waals surface area contributed by atoms with Gasteiger partial charge >= 0.3 is 6.61 Å². The number of alkyl halides is 2. The van der Waals surface area contributed by atoms with Crippen LogP contribution in [0.15, 0.2) is 22.7 Å². The smallest absolute Gasteiger partial charge is 0.387 e. The van der Waals surface area contributed by atoms with Gasteiger partial charge in [0.25, 0.3) is 0 Å². The summed E-state index contributed by atoms with van der Waals surface area (Å²) in [4.78, 5) is 13.2. The number of benzene rings is 1. The Hall–Kier alpha value is -1.21. The van der Waals surface area contributed by atoms with Crippen LogP contribution >= 0.6 is 15.9 Å². The van der Waals surface area contributed by atoms with Gasteiger partial charge in [-0.1, -0.05) is 15.9 Å². The fourth-order valence-electron chi connectivity index (χ4n) is 1.63. The van der Waals surface area contributed by atoms with Crippen LogP contribution in [-0.2, 0) is 11.3 Å². The zero-order valence-electron chi connectivity index (χ0n) is 11.5. The Morgan fingerprint density at radius 3 is 2.65 bits per heavy atom. The van der Waals surface area contributed by atoms with Crippen molar-refractivity contribution in [3.05, 3.63) is 28.2 Å². The monoisotopic (exact) mass is 350 g/mol. The van der Waals surface area contributed by atoms with E-state index in [0.29, 0.717) is 5.56 Å². The van der Waals surface area contributed by atoms with Gasteiger partial charge in [-0.25, -0.2) is 0 Å². The third kappa shape index (κ3) is 5.05. The van der Waals surface area contributed by atoms with E-state index in [0.717, 1.165) is 4.47 Å². The van der Waals surface area contributed by atoms with Crippen LogP contribution < -0.4 is 10.1 Å². The van der Waals surface area contributed by atoms with Gasteiger partial charge in [0.1, 0.15) is 5.75 Å². The molecular weight excluding hydrogens is 334 g/mol. The molecule has 0 fully saturated rings. The van der Waals surface area contributed by atoms with Gasteiger partial charge in [-0.05, 0) is 25.1 Å². The van der Waals surface area contributed by atoms with Crippen LogP contribution in [0.1, 0.15) is 12.5 Å². The van der Waals surface area contributed by atoms with Crippen LogP contribution in [0.3, 0.4) is 0 Å². The van der Waals surface area contributed by atoms with Crippen molar-refractivity contribution in [2.45, 2.75) is 26.1 Å². The quantitative estimate of drug-likeness (QED) is 0.857. The van der Waals surface area contributed by atoms with Gasteiger partial charge in [-0.3, -0.25) is 4.79 Å². The van der Waals surface area contributed by atoms with Crippen LogP contribution in [0, 0.1) is 0 Å². The highest BCUT2D eigenvalue weighted by atomic mass is 79.9. The number of carbonyl (C=O) groups is 1. The minimum Gasteiger partial charge on any atom is -0.434 e. The first-order valence-electron chi connectivity index (χ1n) is 5.99. The third-order valence-electron chi connectivity index (χ3n) is 2.65. The molecule has 1 rings (SSSR count). The molecule has 1 amide bonds. The summed E-state index contributed by atoms with van der Waals surface area (Å²) >= 11 is 3.28. The minimum absolute atomic E-state index is 0.0867. The second-order valence-corrected chi connectivity index (χ2v) is 5.38. The largest absolute Gasteiger partial charge is 0.434 e. The highest BCUT2D eigenvalue weighted by molar-refractivity contribution is 9.10. The number of nitrogens with one attached hydrogen (secondary N) is 1. The lowest BCUT2D eigenvalue weighted by atomic mass is 10.2. The molecule has 1 N–H and O–H groups in total. The third-order valence-corrected chi connectivity index (χ3v) is 3.14. The van der Waals surface area contributed by atoms with E-state index in [4.69, 9.17) is 0 Å². The van der Waals surface area contributed by atoms with E-state index in [2.05, 4.69) is 26.0 Å². The number of hydrogen-bond donors (Lipinski definition) is 1. The van der Waals surface area contributed by atoms with E-state index in [1.54, 1.807) is 33.2 Å². The molecule has 1 aromatic carbocycles. The van der Waals surface area contributed by atoms with E-state index in [9.17, 15) is 13.6 Å². The molecule has 0 saturated heterocycles. The number of hydrogen-bond acceptors (Lipinski definition) is 3. The van der Waals surface area contributed by atoms with Crippen LogP contribution in [0.2, 0.25) is 0 Å². The molecule has 1 unspecified atom stereocenters. The number of halogens is 3. The summed E-state index contributed by atoms with van der Waals surface area (Å²) in [6.45, 7) is -0.910. The number of amides is 1. The summed E-state index contributed by atoms with van der Waals surface area (Å²) in [7, 11) is 3.32. The minimum atomic E-state index is -2.88. The summed E-state index contributed by atoms with van der Waals surface area (Å²) in [5, 5.41) is 2.98. The fraction of sp³-hybridized carbons (Fsp3) is 0.462. The number of likely N-dealkylation sites (N-methyl/N-ethyl adjacent to an activating group) is 1. The Labute approximate surface area is 125 Å². The molecule has 0 spiro atoms. The van der Waals surface area contributed by atoms with Crippen molar-refractivity contribution in [3.8, 4) is 5.75 Å². The van der Waals surface area contributed by atoms with Gasteiger partial charge in [0, 0.05) is 30.7 Å². The van der Waals surface area contributed by atoms with E-state index in [-0.39, 0.29) is 18.2 Å². The van der Waals surface area contributed by atoms with Gasteiger partial charge in [0.05, 0.1) is 6.04 Å². The Bertz CT molecular complexity index is 470. The Balaban J connectivity index is 2.75. The molecule has 0 bridgehead atoms. The van der Waals surface area contributed by atoms with Crippen LogP contribution in [0.25, 0.3) is 0 Å². The number of rotatable bonds is 6. The molecule has 1 aromatic rings. The van der Waals surface area contributed by atoms with Crippen molar-refractivity contribution >= 4 is 21.8 Å². The highest BCUT2D eigenvalue weighted by Crippen LogP contribution is 2.24. The first kappa shape index (κ1) is 16.8. The second-order valence-electron chi connectivity index (χ2n) is 4.47. The summed E-state index contributed by atoms with van der Waals surface area (Å²) < 4.78 is 29.8. The number of carbonyl (C=O) groups excluding carboxylic acids is 1. The average molecular weight is 351 g/mol. The Morgan fingerprint density at radius 1 is 1.45 bits per heavy atom. The second kappa shape index (κ2) is 7.54. The summed E-state index contributed by atoms with van der Waals surface area (Å²) in [6, 6.07) is 4.35. The molecule has 0 aromatic heterocycles. The summed E-state index contributed by atoms with van der Waals surface area (Å²) in [5.41, 5.74) is 0.554. The molecule has 0 aliphatic rings. The number of ether oxygens (including phenoxy) is 1. The predicted molar refractivity (Wildman–Crippen MR) is 75.8 cm³/mol. The van der Waals surface area contributed by atoms with Crippen molar-refractivity contribution in [3.63, 3.8) is 0 Å². The molecule has 0 heterocycles. The van der Waals surface area contributed by atoms with Crippen molar-refractivity contribution in [1.29, 1.82) is 0 Å². The fourth-order valence-corrected chi connectivity index (χ4v) is 2.04. The molecule has 7 heteroatoms. The van der Waals surface area contributed by atoms with E-state index < -0.39 is 12.7 Å². The maximum Gasteiger partial charge on any atom is 0.387 e. The maximum absolute atomic E-state index is 12.3. The van der Waals surface area contributed by atoms with Gasteiger partial charge < -0.3 is 15.0 Å². The van der Waals surface area contributed by atoms with Crippen molar-refractivity contribution in [2.75, 3.05) is 14.1 Å². The zero-order chi connectivity index (χ0) is 15.3. The standard InChI is InChI=1S/C13H17BrF2N2O2/c1-8(12(19)18(2)3)17-7-9-6-10(14)4-5-11(9)20-13(15)16/h4-6,8,13,17H,7H2,1-3H3. The molecule has 20 heavy (non-hydrogen) atoms. The van der Waals surface area contributed by atoms with Crippen LogP contribution in [0.5, 0.6) is 5.75 Å². The topological polar surface area (TPSA) is 41.6 Å². The lowest BCUT2D eigenvalue weighted by Gasteiger charge is -2.19. The molecule has 0 radical (unpaired) electrons. The SMILES string of the molecule is CC(NCc1cc(Br)ccc1OC(F)F)C(=O)N(C)C. The first-order valence-corrected chi connectivity index (χ1v) is 6.78. The van der Waals surface area contributed by atoms with Gasteiger partial charge in [0.15, 0.2) is 0 Å².